The number of hydrogen-bond donors (Lipinski definition) is 1. The number of likely N-dealkylation sites (tertiary alicyclic amines) is 1. The predicted molar refractivity (Wildman–Crippen MR) is 100 cm³/mol. The standard InChI is InChI=1S/C21H19N3O2/c25-21-19-11-16(26-20-8-4-3-7-18(20)23-21)13-24(19)12-15-10-9-14-5-1-2-6-17(14)22-15/h1-10,16,19H,11-13H2,(H,23,25)/t16-,19-/m0/s1. The van der Waals surface area contributed by atoms with Crippen LogP contribution in [0.15, 0.2) is 60.7 Å². The van der Waals surface area contributed by atoms with Gasteiger partial charge in [-0.2, -0.15) is 0 Å². The summed E-state index contributed by atoms with van der Waals surface area (Å²) in [6.45, 7) is 1.36. The van der Waals surface area contributed by atoms with Crippen molar-refractivity contribution < 1.29 is 9.53 Å². The Kier molecular flexibility index (Phi) is 3.60. The molecule has 1 saturated heterocycles. The van der Waals surface area contributed by atoms with E-state index in [4.69, 9.17) is 9.72 Å². The van der Waals surface area contributed by atoms with E-state index in [1.165, 1.54) is 0 Å². The number of ether oxygens (including phenoxy) is 1. The monoisotopic (exact) mass is 345 g/mol. The van der Waals surface area contributed by atoms with Crippen molar-refractivity contribution in [2.24, 2.45) is 0 Å². The number of carbonyl (C=O) groups is 1. The molecule has 1 aromatic heterocycles. The average molecular weight is 345 g/mol. The molecule has 0 spiro atoms. The lowest BCUT2D eigenvalue weighted by Crippen LogP contribution is -2.39. The first kappa shape index (κ1) is 15.3. The molecular weight excluding hydrogens is 326 g/mol. The lowest BCUT2D eigenvalue weighted by Gasteiger charge is -2.23. The third-order valence-corrected chi connectivity index (χ3v) is 5.13. The molecule has 26 heavy (non-hydrogen) atoms. The van der Waals surface area contributed by atoms with Gasteiger partial charge in [-0.05, 0) is 24.3 Å². The quantitative estimate of drug-likeness (QED) is 0.775. The van der Waals surface area contributed by atoms with Crippen LogP contribution in [-0.2, 0) is 11.3 Å². The zero-order valence-corrected chi connectivity index (χ0v) is 14.3. The first-order chi connectivity index (χ1) is 12.8. The molecule has 2 aliphatic heterocycles. The Bertz CT molecular complexity index is 988. The molecule has 130 valence electrons. The first-order valence-corrected chi connectivity index (χ1v) is 8.91. The number of aromatic nitrogens is 1. The van der Waals surface area contributed by atoms with Gasteiger partial charge in [0.25, 0.3) is 0 Å². The molecule has 5 heteroatoms. The van der Waals surface area contributed by atoms with Crippen LogP contribution in [0.4, 0.5) is 5.69 Å². The van der Waals surface area contributed by atoms with Crippen LogP contribution in [0.2, 0.25) is 0 Å². The molecule has 0 aliphatic carbocycles. The fraction of sp³-hybridized carbons (Fsp3) is 0.238. The van der Waals surface area contributed by atoms with Gasteiger partial charge in [0.05, 0.1) is 22.9 Å². The van der Waals surface area contributed by atoms with Crippen molar-refractivity contribution in [1.29, 1.82) is 0 Å². The number of amides is 1. The zero-order valence-electron chi connectivity index (χ0n) is 14.3. The lowest BCUT2D eigenvalue weighted by molar-refractivity contribution is -0.120. The van der Waals surface area contributed by atoms with Gasteiger partial charge in [-0.1, -0.05) is 36.4 Å². The summed E-state index contributed by atoms with van der Waals surface area (Å²) in [6.07, 6.45) is 0.723. The summed E-state index contributed by atoms with van der Waals surface area (Å²) >= 11 is 0. The van der Waals surface area contributed by atoms with Crippen LogP contribution in [0, 0.1) is 0 Å². The van der Waals surface area contributed by atoms with Gasteiger partial charge in [0.15, 0.2) is 0 Å². The van der Waals surface area contributed by atoms with Gasteiger partial charge in [0.2, 0.25) is 5.91 Å². The van der Waals surface area contributed by atoms with Gasteiger partial charge in [0.1, 0.15) is 11.9 Å². The van der Waals surface area contributed by atoms with E-state index in [1.807, 2.05) is 48.5 Å². The molecule has 2 aliphatic rings. The topological polar surface area (TPSA) is 54.5 Å². The Morgan fingerprint density at radius 2 is 1.92 bits per heavy atom. The third kappa shape index (κ3) is 2.70. The molecule has 0 unspecified atom stereocenters. The zero-order chi connectivity index (χ0) is 17.5. The molecule has 5 rings (SSSR count). The molecule has 1 N–H and O–H groups in total. The highest BCUT2D eigenvalue weighted by atomic mass is 16.5. The highest BCUT2D eigenvalue weighted by Gasteiger charge is 2.40. The average Bonchev–Trinajstić information content (AvgIpc) is 3.06. The smallest absolute Gasteiger partial charge is 0.241 e. The molecule has 0 radical (unpaired) electrons. The molecule has 2 bridgehead atoms. The molecule has 3 heterocycles. The largest absolute Gasteiger partial charge is 0.487 e. The van der Waals surface area contributed by atoms with Crippen molar-refractivity contribution in [3.8, 4) is 5.75 Å². The minimum absolute atomic E-state index is 0.0210. The summed E-state index contributed by atoms with van der Waals surface area (Å²) in [4.78, 5) is 19.7. The number of para-hydroxylation sites is 3. The normalized spacial score (nSPS) is 22.2. The van der Waals surface area contributed by atoms with E-state index in [2.05, 4.69) is 22.3 Å². The van der Waals surface area contributed by atoms with Crippen molar-refractivity contribution >= 4 is 22.5 Å². The maximum atomic E-state index is 12.8. The second kappa shape index (κ2) is 6.11. The molecular formula is C21H19N3O2. The highest BCUT2D eigenvalue weighted by molar-refractivity contribution is 5.96. The van der Waals surface area contributed by atoms with E-state index >= 15 is 0 Å². The van der Waals surface area contributed by atoms with Crippen LogP contribution < -0.4 is 10.1 Å². The second-order valence-electron chi connectivity index (χ2n) is 6.90. The van der Waals surface area contributed by atoms with E-state index in [0.29, 0.717) is 13.0 Å². The fourth-order valence-electron chi connectivity index (χ4n) is 3.87. The van der Waals surface area contributed by atoms with E-state index in [1.54, 1.807) is 0 Å². The first-order valence-electron chi connectivity index (χ1n) is 8.91. The van der Waals surface area contributed by atoms with Crippen LogP contribution in [0.3, 0.4) is 0 Å². The molecule has 1 amide bonds. The van der Waals surface area contributed by atoms with Crippen molar-refractivity contribution in [2.45, 2.75) is 25.1 Å². The number of anilines is 1. The minimum Gasteiger partial charge on any atom is -0.487 e. The number of nitrogens with zero attached hydrogens (tertiary/aromatic N) is 2. The van der Waals surface area contributed by atoms with Gasteiger partial charge in [0, 0.05) is 24.9 Å². The van der Waals surface area contributed by atoms with Gasteiger partial charge in [-0.3, -0.25) is 14.7 Å². The molecule has 1 fully saturated rings. The molecule has 0 saturated carbocycles. The van der Waals surface area contributed by atoms with Gasteiger partial charge in [-0.25, -0.2) is 0 Å². The number of rotatable bonds is 2. The number of nitrogens with one attached hydrogen (secondary N) is 1. The van der Waals surface area contributed by atoms with Gasteiger partial charge < -0.3 is 10.1 Å². The molecule has 3 aromatic rings. The third-order valence-electron chi connectivity index (χ3n) is 5.13. The summed E-state index contributed by atoms with van der Waals surface area (Å²) < 4.78 is 6.14. The Hall–Kier alpha value is -2.92. The molecule has 5 nitrogen and oxygen atoms in total. The van der Waals surface area contributed by atoms with E-state index in [-0.39, 0.29) is 18.1 Å². The summed E-state index contributed by atoms with van der Waals surface area (Å²) in [7, 11) is 0. The van der Waals surface area contributed by atoms with Crippen LogP contribution >= 0.6 is 0 Å². The van der Waals surface area contributed by atoms with Crippen LogP contribution in [0.25, 0.3) is 10.9 Å². The van der Waals surface area contributed by atoms with Crippen molar-refractivity contribution in [1.82, 2.24) is 9.88 Å². The highest BCUT2D eigenvalue weighted by Crippen LogP contribution is 2.33. The van der Waals surface area contributed by atoms with Gasteiger partial charge in [-0.15, -0.1) is 0 Å². The number of pyridine rings is 1. The summed E-state index contributed by atoms with van der Waals surface area (Å²) in [5, 5.41) is 4.14. The minimum atomic E-state index is -0.193. The Morgan fingerprint density at radius 3 is 2.88 bits per heavy atom. The van der Waals surface area contributed by atoms with Crippen LogP contribution in [0.5, 0.6) is 5.75 Å². The van der Waals surface area contributed by atoms with Crippen LogP contribution in [0.1, 0.15) is 12.1 Å². The van der Waals surface area contributed by atoms with Crippen LogP contribution in [-0.4, -0.2) is 34.5 Å². The van der Waals surface area contributed by atoms with Gasteiger partial charge >= 0.3 is 0 Å². The summed E-state index contributed by atoms with van der Waals surface area (Å²) in [5.41, 5.74) is 2.70. The van der Waals surface area contributed by atoms with E-state index < -0.39 is 0 Å². The predicted octanol–water partition coefficient (Wildman–Crippen LogP) is 3.21. The van der Waals surface area contributed by atoms with E-state index in [0.717, 1.165) is 34.6 Å². The second-order valence-corrected chi connectivity index (χ2v) is 6.90. The summed E-state index contributed by atoms with van der Waals surface area (Å²) in [5.74, 6) is 0.777. The van der Waals surface area contributed by atoms with Crippen molar-refractivity contribution in [3.05, 3.63) is 66.4 Å². The number of carbonyl (C=O) groups excluding carboxylic acids is 1. The summed E-state index contributed by atoms with van der Waals surface area (Å²) in [6, 6.07) is 19.6. The Balaban J connectivity index is 1.41. The SMILES string of the molecule is O=C1Nc2ccccc2O[C@H]2C[C@@H]1N(Cc1ccc3ccccc3n1)C2. The van der Waals surface area contributed by atoms with E-state index in [9.17, 15) is 4.79 Å². The fourth-order valence-corrected chi connectivity index (χ4v) is 3.87. The molecule has 2 atom stereocenters. The number of benzene rings is 2. The maximum Gasteiger partial charge on any atom is 0.241 e. The molecule has 2 aromatic carbocycles. The Morgan fingerprint density at radius 1 is 1.08 bits per heavy atom. The Labute approximate surface area is 151 Å². The maximum absolute atomic E-state index is 12.8. The lowest BCUT2D eigenvalue weighted by atomic mass is 10.1. The van der Waals surface area contributed by atoms with Crippen molar-refractivity contribution in [2.75, 3.05) is 11.9 Å². The number of fused-ring (bicyclic) bond motifs is 4. The number of hydrogen-bond acceptors (Lipinski definition) is 4. The van der Waals surface area contributed by atoms with Crippen molar-refractivity contribution in [3.63, 3.8) is 0 Å².